The summed E-state index contributed by atoms with van der Waals surface area (Å²) in [7, 11) is 0. The minimum atomic E-state index is -0.711. The molecule has 0 saturated carbocycles. The van der Waals surface area contributed by atoms with Gasteiger partial charge in [0.05, 0.1) is 12.5 Å². The van der Waals surface area contributed by atoms with Crippen molar-refractivity contribution in [3.8, 4) is 0 Å². The molecule has 0 spiro atoms. The molecule has 2 aromatic carbocycles. The molecule has 1 aliphatic rings. The summed E-state index contributed by atoms with van der Waals surface area (Å²) in [5.74, 6) is -1.12. The monoisotopic (exact) mass is 489 g/mol. The third-order valence-corrected chi connectivity index (χ3v) is 6.45. The molecule has 9 heteroatoms. The van der Waals surface area contributed by atoms with E-state index in [-0.39, 0.29) is 49.4 Å². The Bertz CT molecular complexity index is 1330. The molecule has 1 fully saturated rings. The molecule has 0 aliphatic carbocycles. The van der Waals surface area contributed by atoms with Crippen molar-refractivity contribution in [2.45, 2.75) is 39.3 Å². The van der Waals surface area contributed by atoms with Crippen LogP contribution in [0.2, 0.25) is 0 Å². The lowest BCUT2D eigenvalue weighted by atomic mass is 10.1. The second-order valence-corrected chi connectivity index (χ2v) is 9.07. The molecule has 9 nitrogen and oxygen atoms in total. The average molecular weight is 490 g/mol. The summed E-state index contributed by atoms with van der Waals surface area (Å²) in [6.45, 7) is 3.07. The lowest BCUT2D eigenvalue weighted by molar-refractivity contribution is -0.128. The van der Waals surface area contributed by atoms with Crippen LogP contribution in [0.25, 0.3) is 0 Å². The van der Waals surface area contributed by atoms with Gasteiger partial charge in [0.1, 0.15) is 5.82 Å². The fraction of sp³-hybridized carbons (Fsp3) is 0.333. The highest BCUT2D eigenvalue weighted by Crippen LogP contribution is 2.26. The first-order chi connectivity index (χ1) is 17.4. The standard InChI is InChI=1S/C27H31N5O4/c1-2-3-14-31(26(35)21-15-22(33)30(18-21)16-19-10-6-4-7-11-19)23-24(28)32(27(36)29-25(23)34)17-20-12-8-5-9-13-20/h4-13,21H,2-3,14-18,28H2,1H3,(H,29,34,36). The Morgan fingerprint density at radius 1 is 1.00 bits per heavy atom. The summed E-state index contributed by atoms with van der Waals surface area (Å²) in [5.41, 5.74) is 6.78. The van der Waals surface area contributed by atoms with E-state index in [9.17, 15) is 19.2 Å². The Labute approximate surface area is 209 Å². The number of likely N-dealkylation sites (tertiary alicyclic amines) is 1. The zero-order chi connectivity index (χ0) is 25.7. The molecular formula is C27H31N5O4. The fourth-order valence-electron chi connectivity index (χ4n) is 4.52. The van der Waals surface area contributed by atoms with Crippen LogP contribution in [-0.4, -0.2) is 39.4 Å². The van der Waals surface area contributed by atoms with Crippen LogP contribution in [0.15, 0.2) is 70.3 Å². The van der Waals surface area contributed by atoms with Gasteiger partial charge in [-0.1, -0.05) is 74.0 Å². The van der Waals surface area contributed by atoms with E-state index in [4.69, 9.17) is 5.73 Å². The molecule has 1 atom stereocenters. The Morgan fingerprint density at radius 2 is 1.61 bits per heavy atom. The van der Waals surface area contributed by atoms with Gasteiger partial charge < -0.3 is 15.5 Å². The maximum atomic E-state index is 13.7. The number of nitrogens with two attached hydrogens (primary N) is 1. The highest BCUT2D eigenvalue weighted by molar-refractivity contribution is 6.00. The summed E-state index contributed by atoms with van der Waals surface area (Å²) in [4.78, 5) is 57.3. The first-order valence-electron chi connectivity index (χ1n) is 12.2. The van der Waals surface area contributed by atoms with E-state index in [0.717, 1.165) is 17.5 Å². The molecule has 1 aliphatic heterocycles. The minimum absolute atomic E-state index is 0.0436. The van der Waals surface area contributed by atoms with Crippen molar-refractivity contribution in [1.82, 2.24) is 14.5 Å². The smallest absolute Gasteiger partial charge is 0.330 e. The molecule has 3 aromatic rings. The van der Waals surface area contributed by atoms with Gasteiger partial charge in [-0.2, -0.15) is 0 Å². The van der Waals surface area contributed by atoms with Gasteiger partial charge in [0.25, 0.3) is 5.56 Å². The number of hydrogen-bond acceptors (Lipinski definition) is 5. The van der Waals surface area contributed by atoms with E-state index in [0.29, 0.717) is 13.0 Å². The number of aromatic nitrogens is 2. The molecule has 3 N–H and O–H groups in total. The van der Waals surface area contributed by atoms with Crippen molar-refractivity contribution in [3.63, 3.8) is 0 Å². The molecule has 0 radical (unpaired) electrons. The fourth-order valence-corrected chi connectivity index (χ4v) is 4.52. The summed E-state index contributed by atoms with van der Waals surface area (Å²) >= 11 is 0. The number of hydrogen-bond donors (Lipinski definition) is 2. The molecule has 36 heavy (non-hydrogen) atoms. The zero-order valence-electron chi connectivity index (χ0n) is 20.4. The topological polar surface area (TPSA) is 121 Å². The molecule has 188 valence electrons. The molecule has 1 saturated heterocycles. The van der Waals surface area contributed by atoms with Crippen molar-refractivity contribution < 1.29 is 9.59 Å². The van der Waals surface area contributed by atoms with Gasteiger partial charge in [0.2, 0.25) is 11.8 Å². The van der Waals surface area contributed by atoms with Crippen molar-refractivity contribution >= 4 is 23.3 Å². The Kier molecular flexibility index (Phi) is 7.68. The van der Waals surface area contributed by atoms with Crippen LogP contribution in [0.1, 0.15) is 37.3 Å². The molecule has 4 rings (SSSR count). The van der Waals surface area contributed by atoms with Crippen molar-refractivity contribution in [2.75, 3.05) is 23.7 Å². The number of aromatic amines is 1. The number of H-pyrrole nitrogens is 1. The van der Waals surface area contributed by atoms with Crippen LogP contribution in [0.3, 0.4) is 0 Å². The number of carbonyl (C=O) groups excluding carboxylic acids is 2. The zero-order valence-corrected chi connectivity index (χ0v) is 20.4. The summed E-state index contributed by atoms with van der Waals surface area (Å²) in [6, 6.07) is 18.9. The van der Waals surface area contributed by atoms with Crippen LogP contribution in [0.4, 0.5) is 11.5 Å². The molecular weight excluding hydrogens is 458 g/mol. The number of benzene rings is 2. The van der Waals surface area contributed by atoms with Gasteiger partial charge in [0, 0.05) is 26.1 Å². The number of unbranched alkanes of at least 4 members (excludes halogenated alkanes) is 1. The quantitative estimate of drug-likeness (QED) is 0.478. The van der Waals surface area contributed by atoms with Crippen molar-refractivity contribution in [2.24, 2.45) is 5.92 Å². The first-order valence-corrected chi connectivity index (χ1v) is 12.2. The van der Waals surface area contributed by atoms with E-state index in [1.807, 2.05) is 67.6 Å². The van der Waals surface area contributed by atoms with Crippen molar-refractivity contribution in [3.05, 3.63) is 92.6 Å². The van der Waals surface area contributed by atoms with Crippen LogP contribution >= 0.6 is 0 Å². The van der Waals surface area contributed by atoms with Crippen LogP contribution in [0, 0.1) is 5.92 Å². The number of carbonyl (C=O) groups is 2. The maximum absolute atomic E-state index is 13.7. The Morgan fingerprint density at radius 3 is 2.22 bits per heavy atom. The number of amides is 2. The normalized spacial score (nSPS) is 15.3. The van der Waals surface area contributed by atoms with Crippen LogP contribution in [-0.2, 0) is 22.7 Å². The predicted molar refractivity (Wildman–Crippen MR) is 139 cm³/mol. The average Bonchev–Trinajstić information content (AvgIpc) is 3.24. The lowest BCUT2D eigenvalue weighted by Crippen LogP contribution is -2.44. The molecule has 0 bridgehead atoms. The Balaban J connectivity index is 1.63. The van der Waals surface area contributed by atoms with Crippen molar-refractivity contribution in [1.29, 1.82) is 0 Å². The van der Waals surface area contributed by atoms with Gasteiger partial charge >= 0.3 is 5.69 Å². The van der Waals surface area contributed by atoms with E-state index >= 15 is 0 Å². The van der Waals surface area contributed by atoms with E-state index in [1.54, 1.807) is 4.90 Å². The lowest BCUT2D eigenvalue weighted by Gasteiger charge is -2.27. The molecule has 2 amide bonds. The Hall–Kier alpha value is -4.14. The van der Waals surface area contributed by atoms with Gasteiger partial charge in [-0.05, 0) is 17.5 Å². The SMILES string of the molecule is CCCCN(C(=O)C1CC(=O)N(Cc2ccccc2)C1)c1c(N)n(Cc2ccccc2)c(=O)[nH]c1=O. The van der Waals surface area contributed by atoms with E-state index in [1.165, 1.54) is 9.47 Å². The van der Waals surface area contributed by atoms with Crippen LogP contribution in [0.5, 0.6) is 0 Å². The van der Waals surface area contributed by atoms with Crippen LogP contribution < -0.4 is 21.9 Å². The minimum Gasteiger partial charge on any atom is -0.383 e. The van der Waals surface area contributed by atoms with Gasteiger partial charge in [-0.25, -0.2) is 4.79 Å². The van der Waals surface area contributed by atoms with Gasteiger partial charge in [-0.15, -0.1) is 0 Å². The number of nitrogen functional groups attached to an aromatic ring is 1. The largest absolute Gasteiger partial charge is 0.383 e. The van der Waals surface area contributed by atoms with Gasteiger partial charge in [-0.3, -0.25) is 23.9 Å². The third kappa shape index (κ3) is 5.40. The number of anilines is 2. The highest BCUT2D eigenvalue weighted by Gasteiger charge is 2.38. The molecule has 1 unspecified atom stereocenters. The van der Waals surface area contributed by atoms with E-state index in [2.05, 4.69) is 4.98 Å². The first kappa shape index (κ1) is 25.0. The predicted octanol–water partition coefficient (Wildman–Crippen LogP) is 2.35. The summed E-state index contributed by atoms with van der Waals surface area (Å²) in [6.07, 6.45) is 1.49. The highest BCUT2D eigenvalue weighted by atomic mass is 16.2. The second-order valence-electron chi connectivity index (χ2n) is 9.07. The maximum Gasteiger partial charge on any atom is 0.330 e. The van der Waals surface area contributed by atoms with E-state index < -0.39 is 17.2 Å². The number of rotatable bonds is 9. The molecule has 2 heterocycles. The number of nitrogens with one attached hydrogen (secondary N) is 1. The summed E-state index contributed by atoms with van der Waals surface area (Å²) in [5, 5.41) is 0. The summed E-state index contributed by atoms with van der Waals surface area (Å²) < 4.78 is 1.26. The van der Waals surface area contributed by atoms with Gasteiger partial charge in [0.15, 0.2) is 5.69 Å². The molecule has 1 aromatic heterocycles. The second kappa shape index (κ2) is 11.1. The number of nitrogens with zero attached hydrogens (tertiary/aromatic N) is 3. The third-order valence-electron chi connectivity index (χ3n) is 6.45.